The van der Waals surface area contributed by atoms with Gasteiger partial charge in [0, 0.05) is 29.3 Å². The fourth-order valence-electron chi connectivity index (χ4n) is 3.04. The lowest BCUT2D eigenvalue weighted by molar-refractivity contribution is -0.141. The highest BCUT2D eigenvalue weighted by Gasteiger charge is 2.38. The number of aromatic nitrogens is 2. The van der Waals surface area contributed by atoms with Gasteiger partial charge < -0.3 is 10.1 Å². The molecule has 1 fully saturated rings. The van der Waals surface area contributed by atoms with Crippen LogP contribution in [0.1, 0.15) is 36.6 Å². The van der Waals surface area contributed by atoms with Crippen LogP contribution in [-0.4, -0.2) is 28.9 Å². The lowest BCUT2D eigenvalue weighted by atomic mass is 10.1. The third-order valence-electron chi connectivity index (χ3n) is 4.65. The van der Waals surface area contributed by atoms with Crippen molar-refractivity contribution < 1.29 is 22.7 Å². The number of nitrogens with one attached hydrogen (secondary N) is 1. The van der Waals surface area contributed by atoms with Crippen molar-refractivity contribution in [3.8, 4) is 5.69 Å². The molecular formula is C19H18F3N3O2. The Morgan fingerprint density at radius 3 is 2.56 bits per heavy atom. The van der Waals surface area contributed by atoms with Gasteiger partial charge in [0.2, 0.25) is 0 Å². The number of carbonyl (C=O) groups is 1. The lowest BCUT2D eigenvalue weighted by Crippen LogP contribution is -2.19. The Bertz CT molecular complexity index is 881. The minimum atomic E-state index is -4.47. The van der Waals surface area contributed by atoms with E-state index in [0.717, 1.165) is 18.9 Å². The normalized spacial score (nSPS) is 17.5. The quantitative estimate of drug-likeness (QED) is 0.875. The molecule has 1 aliphatic heterocycles. The van der Waals surface area contributed by atoms with Crippen LogP contribution in [0.2, 0.25) is 0 Å². The maximum Gasteiger partial charge on any atom is 0.435 e. The molecule has 8 heteroatoms. The van der Waals surface area contributed by atoms with Gasteiger partial charge in [-0.1, -0.05) is 6.08 Å². The number of anilines is 1. The summed E-state index contributed by atoms with van der Waals surface area (Å²) in [6, 6.07) is 7.78. The average molecular weight is 377 g/mol. The first kappa shape index (κ1) is 17.8. The topological polar surface area (TPSA) is 56.2 Å². The number of benzene rings is 1. The van der Waals surface area contributed by atoms with Crippen molar-refractivity contribution in [2.45, 2.75) is 31.4 Å². The molecule has 1 aromatic carbocycles. The Morgan fingerprint density at radius 1 is 1.22 bits per heavy atom. The Morgan fingerprint density at radius 2 is 1.96 bits per heavy atom. The van der Waals surface area contributed by atoms with Crippen molar-refractivity contribution >= 4 is 11.6 Å². The number of carbonyl (C=O) groups excluding carboxylic acids is 1. The second-order valence-electron chi connectivity index (χ2n) is 6.69. The van der Waals surface area contributed by atoms with Crippen LogP contribution in [0, 0.1) is 0 Å². The van der Waals surface area contributed by atoms with E-state index < -0.39 is 11.9 Å². The summed E-state index contributed by atoms with van der Waals surface area (Å²) in [7, 11) is 0. The Kier molecular flexibility index (Phi) is 4.51. The van der Waals surface area contributed by atoms with Gasteiger partial charge in [0.15, 0.2) is 5.69 Å². The zero-order chi connectivity index (χ0) is 19.0. The highest BCUT2D eigenvalue weighted by molar-refractivity contribution is 6.03. The Labute approximate surface area is 153 Å². The van der Waals surface area contributed by atoms with Crippen LogP contribution in [0.4, 0.5) is 18.9 Å². The second-order valence-corrected chi connectivity index (χ2v) is 6.69. The summed E-state index contributed by atoms with van der Waals surface area (Å²) >= 11 is 0. The van der Waals surface area contributed by atoms with Crippen LogP contribution in [0.15, 0.2) is 42.0 Å². The van der Waals surface area contributed by atoms with E-state index in [1.54, 1.807) is 30.3 Å². The van der Waals surface area contributed by atoms with Crippen molar-refractivity contribution in [3.63, 3.8) is 0 Å². The predicted octanol–water partition coefficient (Wildman–Crippen LogP) is 4.05. The average Bonchev–Trinajstić information content (AvgIpc) is 3.40. The van der Waals surface area contributed by atoms with Gasteiger partial charge in [-0.3, -0.25) is 4.79 Å². The summed E-state index contributed by atoms with van der Waals surface area (Å²) in [6.07, 6.45) is -0.425. The summed E-state index contributed by atoms with van der Waals surface area (Å²) in [5.41, 5.74) is 1.48. The first-order valence-corrected chi connectivity index (χ1v) is 8.77. The number of alkyl halides is 3. The molecule has 2 aliphatic rings. The fraction of sp³-hybridized carbons (Fsp3) is 0.368. The molecule has 2 heterocycles. The van der Waals surface area contributed by atoms with Gasteiger partial charge in [-0.25, -0.2) is 4.68 Å². The standard InChI is InChI=1S/C19H18F3N3O2/c20-19(21,22)17-11-16(12-1-2-12)25(24-17)15-5-3-14(4-6-15)23-18(26)13-7-9-27-10-8-13/h3-7,11-12H,1-2,8-10H2,(H,23,26). The van der Waals surface area contributed by atoms with Crippen molar-refractivity contribution in [2.75, 3.05) is 18.5 Å². The number of hydrogen-bond acceptors (Lipinski definition) is 3. The highest BCUT2D eigenvalue weighted by atomic mass is 19.4. The van der Waals surface area contributed by atoms with Crippen molar-refractivity contribution in [2.24, 2.45) is 0 Å². The summed E-state index contributed by atoms with van der Waals surface area (Å²) < 4.78 is 45.6. The molecule has 0 atom stereocenters. The van der Waals surface area contributed by atoms with Crippen molar-refractivity contribution in [3.05, 3.63) is 53.4 Å². The van der Waals surface area contributed by atoms with E-state index in [4.69, 9.17) is 4.74 Å². The zero-order valence-electron chi connectivity index (χ0n) is 14.4. The van der Waals surface area contributed by atoms with Crippen LogP contribution in [0.3, 0.4) is 0 Å². The number of rotatable bonds is 4. The molecule has 1 N–H and O–H groups in total. The van der Waals surface area contributed by atoms with E-state index in [1.807, 2.05) is 0 Å². The van der Waals surface area contributed by atoms with E-state index in [0.29, 0.717) is 42.3 Å². The number of amides is 1. The van der Waals surface area contributed by atoms with Crippen LogP contribution in [0.5, 0.6) is 0 Å². The smallest absolute Gasteiger partial charge is 0.377 e. The van der Waals surface area contributed by atoms with Gasteiger partial charge in [0.1, 0.15) is 0 Å². The largest absolute Gasteiger partial charge is 0.435 e. The lowest BCUT2D eigenvalue weighted by Gasteiger charge is -2.14. The number of hydrogen-bond donors (Lipinski definition) is 1. The molecule has 0 bridgehead atoms. The molecule has 4 rings (SSSR count). The minimum absolute atomic E-state index is 0.119. The SMILES string of the molecule is O=C(Nc1ccc(-n2nc(C(F)(F)F)cc2C2CC2)cc1)C1=CCOCC1. The summed E-state index contributed by atoms with van der Waals surface area (Å²) in [5.74, 6) is -0.0726. The first-order valence-electron chi connectivity index (χ1n) is 8.77. The van der Waals surface area contributed by atoms with Crippen LogP contribution >= 0.6 is 0 Å². The van der Waals surface area contributed by atoms with E-state index in [2.05, 4.69) is 10.4 Å². The van der Waals surface area contributed by atoms with Gasteiger partial charge >= 0.3 is 6.18 Å². The third-order valence-corrected chi connectivity index (χ3v) is 4.65. The third kappa shape index (κ3) is 3.90. The molecule has 1 aromatic heterocycles. The molecule has 1 amide bonds. The van der Waals surface area contributed by atoms with Crippen molar-refractivity contribution in [1.82, 2.24) is 9.78 Å². The second kappa shape index (κ2) is 6.84. The van der Waals surface area contributed by atoms with E-state index in [-0.39, 0.29) is 11.8 Å². The maximum absolute atomic E-state index is 13.0. The monoisotopic (exact) mass is 377 g/mol. The van der Waals surface area contributed by atoms with Gasteiger partial charge in [-0.05, 0) is 43.2 Å². The van der Waals surface area contributed by atoms with Crippen LogP contribution in [-0.2, 0) is 15.7 Å². The van der Waals surface area contributed by atoms with Gasteiger partial charge in [0.05, 0.1) is 18.9 Å². The fourth-order valence-corrected chi connectivity index (χ4v) is 3.04. The summed E-state index contributed by atoms with van der Waals surface area (Å²) in [4.78, 5) is 12.2. The predicted molar refractivity (Wildman–Crippen MR) is 92.7 cm³/mol. The molecule has 0 radical (unpaired) electrons. The van der Waals surface area contributed by atoms with Crippen molar-refractivity contribution in [1.29, 1.82) is 0 Å². The Hall–Kier alpha value is -2.61. The molecular weight excluding hydrogens is 359 g/mol. The maximum atomic E-state index is 13.0. The van der Waals surface area contributed by atoms with Gasteiger partial charge in [-0.15, -0.1) is 0 Å². The summed E-state index contributed by atoms with van der Waals surface area (Å²) in [5, 5.41) is 6.56. The molecule has 142 valence electrons. The van der Waals surface area contributed by atoms with E-state index in [1.165, 1.54) is 4.68 Å². The number of halogens is 3. The molecule has 1 aliphatic carbocycles. The molecule has 2 aromatic rings. The molecule has 0 unspecified atom stereocenters. The molecule has 5 nitrogen and oxygen atoms in total. The highest BCUT2D eigenvalue weighted by Crippen LogP contribution is 2.43. The molecule has 27 heavy (non-hydrogen) atoms. The number of ether oxygens (including phenoxy) is 1. The molecule has 0 saturated heterocycles. The van der Waals surface area contributed by atoms with Crippen LogP contribution < -0.4 is 5.32 Å². The minimum Gasteiger partial charge on any atom is -0.377 e. The molecule has 0 spiro atoms. The van der Waals surface area contributed by atoms with Gasteiger partial charge in [-0.2, -0.15) is 18.3 Å². The van der Waals surface area contributed by atoms with E-state index in [9.17, 15) is 18.0 Å². The summed E-state index contributed by atoms with van der Waals surface area (Å²) in [6.45, 7) is 0.940. The zero-order valence-corrected chi connectivity index (χ0v) is 14.4. The number of nitrogens with zero attached hydrogens (tertiary/aromatic N) is 2. The Balaban J connectivity index is 1.55. The molecule has 1 saturated carbocycles. The van der Waals surface area contributed by atoms with Crippen LogP contribution in [0.25, 0.3) is 5.69 Å². The first-order chi connectivity index (χ1) is 12.9. The van der Waals surface area contributed by atoms with Gasteiger partial charge in [0.25, 0.3) is 5.91 Å². The van der Waals surface area contributed by atoms with E-state index >= 15 is 0 Å².